The second-order valence-corrected chi connectivity index (χ2v) is 5.51. The molecule has 0 radical (unpaired) electrons. The Hall–Kier alpha value is -0.510. The number of nitrogens with two attached hydrogens (primary N) is 1. The molecule has 0 aliphatic carbocycles. The molecular weight excluding hydrogens is 218 g/mol. The molecule has 0 saturated carbocycles. The normalized spacial score (nSPS) is 17.6. The van der Waals surface area contributed by atoms with Crippen LogP contribution >= 0.6 is 11.8 Å². The van der Waals surface area contributed by atoms with Crippen molar-refractivity contribution in [3.05, 3.63) is 29.3 Å². The lowest BCUT2D eigenvalue weighted by molar-refractivity contribution is 0.1000. The van der Waals surface area contributed by atoms with Crippen LogP contribution in [0.3, 0.4) is 0 Å². The Morgan fingerprint density at radius 1 is 1.38 bits per heavy atom. The maximum absolute atomic E-state index is 5.79. The van der Waals surface area contributed by atoms with Gasteiger partial charge in [-0.25, -0.2) is 0 Å². The maximum atomic E-state index is 5.79. The third-order valence-electron chi connectivity index (χ3n) is 2.97. The molecule has 0 bridgehead atoms. The predicted molar refractivity (Wildman–Crippen MR) is 68.8 cm³/mol. The quantitative estimate of drug-likeness (QED) is 0.878. The second kappa shape index (κ2) is 5.71. The van der Waals surface area contributed by atoms with Crippen LogP contribution in [0.15, 0.2) is 23.1 Å². The number of hydrogen-bond donors (Lipinski definition) is 1. The molecule has 1 aliphatic heterocycles. The molecular formula is C13H19NOS. The van der Waals surface area contributed by atoms with Crippen LogP contribution in [0.5, 0.6) is 0 Å². The van der Waals surface area contributed by atoms with Gasteiger partial charge in [-0.05, 0) is 30.9 Å². The minimum atomic E-state index is 0.632. The van der Waals surface area contributed by atoms with E-state index in [1.165, 1.54) is 16.0 Å². The Morgan fingerprint density at radius 2 is 2.12 bits per heavy atom. The van der Waals surface area contributed by atoms with Gasteiger partial charge in [0.15, 0.2) is 0 Å². The fraction of sp³-hybridized carbons (Fsp3) is 0.538. The molecule has 1 heterocycles. The molecule has 1 aromatic rings. The number of hydrogen-bond acceptors (Lipinski definition) is 3. The number of thioether (sulfide) groups is 1. The van der Waals surface area contributed by atoms with Crippen molar-refractivity contribution in [3.8, 4) is 0 Å². The minimum Gasteiger partial charge on any atom is -0.381 e. The van der Waals surface area contributed by atoms with Gasteiger partial charge < -0.3 is 10.5 Å². The summed E-state index contributed by atoms with van der Waals surface area (Å²) in [6.45, 7) is 4.61. The topological polar surface area (TPSA) is 35.2 Å². The molecule has 2 nitrogen and oxygen atoms in total. The van der Waals surface area contributed by atoms with Crippen LogP contribution in [0.4, 0.5) is 0 Å². The zero-order valence-electron chi connectivity index (χ0n) is 9.74. The summed E-state index contributed by atoms with van der Waals surface area (Å²) in [5.41, 5.74) is 8.41. The summed E-state index contributed by atoms with van der Waals surface area (Å²) >= 11 is 1.98. The third kappa shape index (κ3) is 2.78. The van der Waals surface area contributed by atoms with Crippen molar-refractivity contribution in [2.45, 2.75) is 36.5 Å². The first kappa shape index (κ1) is 12.0. The summed E-state index contributed by atoms with van der Waals surface area (Å²) in [6, 6.07) is 6.39. The first-order valence-corrected chi connectivity index (χ1v) is 6.72. The van der Waals surface area contributed by atoms with Gasteiger partial charge in [0.25, 0.3) is 0 Å². The van der Waals surface area contributed by atoms with Gasteiger partial charge in [0.2, 0.25) is 0 Å². The van der Waals surface area contributed by atoms with Crippen LogP contribution in [-0.2, 0) is 11.3 Å². The Bertz CT molecular complexity index is 348. The van der Waals surface area contributed by atoms with Gasteiger partial charge in [-0.2, -0.15) is 0 Å². The summed E-state index contributed by atoms with van der Waals surface area (Å²) in [7, 11) is 0. The minimum absolute atomic E-state index is 0.632. The molecule has 16 heavy (non-hydrogen) atoms. The summed E-state index contributed by atoms with van der Waals surface area (Å²) in [5, 5.41) is 0.695. The van der Waals surface area contributed by atoms with Crippen molar-refractivity contribution < 1.29 is 4.74 Å². The van der Waals surface area contributed by atoms with Crippen LogP contribution in [-0.4, -0.2) is 18.5 Å². The summed E-state index contributed by atoms with van der Waals surface area (Å²) in [4.78, 5) is 1.39. The average molecular weight is 237 g/mol. The van der Waals surface area contributed by atoms with Crippen molar-refractivity contribution in [2.24, 2.45) is 5.73 Å². The highest BCUT2D eigenvalue weighted by atomic mass is 32.2. The summed E-state index contributed by atoms with van der Waals surface area (Å²) in [6.07, 6.45) is 2.31. The van der Waals surface area contributed by atoms with Crippen LogP contribution in [0.1, 0.15) is 24.0 Å². The van der Waals surface area contributed by atoms with E-state index >= 15 is 0 Å². The highest BCUT2D eigenvalue weighted by molar-refractivity contribution is 8.00. The molecule has 0 atom stereocenters. The maximum Gasteiger partial charge on any atom is 0.0476 e. The zero-order chi connectivity index (χ0) is 11.4. The summed E-state index contributed by atoms with van der Waals surface area (Å²) in [5.74, 6) is 0. The number of ether oxygens (including phenoxy) is 1. The lowest BCUT2D eigenvalue weighted by Gasteiger charge is -2.23. The molecule has 1 aliphatic rings. The van der Waals surface area contributed by atoms with E-state index in [4.69, 9.17) is 10.5 Å². The second-order valence-electron chi connectivity index (χ2n) is 4.20. The molecule has 2 N–H and O–H groups in total. The van der Waals surface area contributed by atoms with Crippen LogP contribution in [0, 0.1) is 6.92 Å². The van der Waals surface area contributed by atoms with E-state index in [9.17, 15) is 0 Å². The van der Waals surface area contributed by atoms with Gasteiger partial charge in [-0.3, -0.25) is 0 Å². The Labute approximate surface area is 102 Å². The molecule has 1 saturated heterocycles. The van der Waals surface area contributed by atoms with E-state index < -0.39 is 0 Å². The van der Waals surface area contributed by atoms with E-state index in [1.807, 2.05) is 11.8 Å². The zero-order valence-corrected chi connectivity index (χ0v) is 10.6. The standard InChI is InChI=1S/C13H19NOS/c1-10-3-2-4-11(9-14)13(10)16-12-5-7-15-8-6-12/h2-4,12H,5-9,14H2,1H3. The van der Waals surface area contributed by atoms with E-state index in [0.29, 0.717) is 11.8 Å². The molecule has 0 unspecified atom stereocenters. The smallest absolute Gasteiger partial charge is 0.0476 e. The molecule has 0 aromatic heterocycles. The largest absolute Gasteiger partial charge is 0.381 e. The van der Waals surface area contributed by atoms with E-state index in [2.05, 4.69) is 25.1 Å². The molecule has 0 spiro atoms. The first-order valence-electron chi connectivity index (χ1n) is 5.84. The van der Waals surface area contributed by atoms with E-state index in [0.717, 1.165) is 26.1 Å². The highest BCUT2D eigenvalue weighted by Crippen LogP contribution is 2.34. The molecule has 2 rings (SSSR count). The fourth-order valence-corrected chi connectivity index (χ4v) is 3.32. The van der Waals surface area contributed by atoms with Crippen molar-refractivity contribution in [1.29, 1.82) is 0 Å². The Balaban J connectivity index is 2.12. The van der Waals surface area contributed by atoms with Crippen molar-refractivity contribution in [3.63, 3.8) is 0 Å². The van der Waals surface area contributed by atoms with Gasteiger partial charge in [-0.1, -0.05) is 18.2 Å². The molecule has 0 amide bonds. The predicted octanol–water partition coefficient (Wildman–Crippen LogP) is 2.72. The fourth-order valence-electron chi connectivity index (χ4n) is 2.00. The number of rotatable bonds is 3. The Kier molecular flexibility index (Phi) is 4.27. The number of benzene rings is 1. The van der Waals surface area contributed by atoms with Gasteiger partial charge in [-0.15, -0.1) is 11.8 Å². The van der Waals surface area contributed by atoms with Gasteiger partial charge >= 0.3 is 0 Å². The first-order chi connectivity index (χ1) is 7.81. The molecule has 3 heteroatoms. The lowest BCUT2D eigenvalue weighted by atomic mass is 10.1. The SMILES string of the molecule is Cc1cccc(CN)c1SC1CCOCC1. The summed E-state index contributed by atoms with van der Waals surface area (Å²) < 4.78 is 5.39. The van der Waals surface area contributed by atoms with Crippen molar-refractivity contribution in [1.82, 2.24) is 0 Å². The van der Waals surface area contributed by atoms with Gasteiger partial charge in [0.05, 0.1) is 0 Å². The van der Waals surface area contributed by atoms with Gasteiger partial charge in [0.1, 0.15) is 0 Å². The molecule has 88 valence electrons. The van der Waals surface area contributed by atoms with Crippen LogP contribution < -0.4 is 5.73 Å². The Morgan fingerprint density at radius 3 is 2.81 bits per heavy atom. The van der Waals surface area contributed by atoms with Crippen LogP contribution in [0.25, 0.3) is 0 Å². The van der Waals surface area contributed by atoms with E-state index in [1.54, 1.807) is 0 Å². The lowest BCUT2D eigenvalue weighted by Crippen LogP contribution is -2.17. The van der Waals surface area contributed by atoms with E-state index in [-0.39, 0.29) is 0 Å². The van der Waals surface area contributed by atoms with Crippen molar-refractivity contribution in [2.75, 3.05) is 13.2 Å². The molecule has 1 fully saturated rings. The van der Waals surface area contributed by atoms with Gasteiger partial charge in [0, 0.05) is 29.9 Å². The highest BCUT2D eigenvalue weighted by Gasteiger charge is 2.17. The third-order valence-corrected chi connectivity index (χ3v) is 4.59. The van der Waals surface area contributed by atoms with Crippen LogP contribution in [0.2, 0.25) is 0 Å². The number of aryl methyl sites for hydroxylation is 1. The monoisotopic (exact) mass is 237 g/mol. The average Bonchev–Trinajstić information content (AvgIpc) is 2.33. The molecule has 1 aromatic carbocycles. The van der Waals surface area contributed by atoms with Crippen molar-refractivity contribution >= 4 is 11.8 Å².